The van der Waals surface area contributed by atoms with E-state index in [1.165, 1.54) is 6.20 Å². The van der Waals surface area contributed by atoms with Crippen molar-refractivity contribution in [1.82, 2.24) is 14.5 Å². The van der Waals surface area contributed by atoms with Gasteiger partial charge in [-0.1, -0.05) is 30.3 Å². The van der Waals surface area contributed by atoms with E-state index in [2.05, 4.69) is 9.82 Å². The minimum absolute atomic E-state index is 0.201. The highest BCUT2D eigenvalue weighted by molar-refractivity contribution is 7.89. The van der Waals surface area contributed by atoms with Crippen molar-refractivity contribution < 1.29 is 13.2 Å². The number of aromatic nitrogens is 2. The zero-order valence-electron chi connectivity index (χ0n) is 11.9. The van der Waals surface area contributed by atoms with E-state index < -0.39 is 15.6 Å². The van der Waals surface area contributed by atoms with Gasteiger partial charge in [-0.05, 0) is 12.5 Å². The minimum atomic E-state index is -3.65. The van der Waals surface area contributed by atoms with Gasteiger partial charge >= 0.3 is 0 Å². The number of benzene rings is 1. The van der Waals surface area contributed by atoms with Crippen LogP contribution in [0.4, 0.5) is 0 Å². The molecule has 1 aromatic heterocycles. The molecule has 2 aromatic rings. The molecule has 1 aliphatic heterocycles. The second-order valence-electron chi connectivity index (χ2n) is 5.26. The Bertz CT molecular complexity index is 749. The van der Waals surface area contributed by atoms with Gasteiger partial charge in [0.15, 0.2) is 0 Å². The maximum Gasteiger partial charge on any atom is 0.244 e. The van der Waals surface area contributed by atoms with Gasteiger partial charge in [0.05, 0.1) is 25.1 Å². The molecule has 7 heteroatoms. The highest BCUT2D eigenvalue weighted by Crippen LogP contribution is 2.31. The molecule has 1 N–H and O–H groups in total. The molecule has 0 unspecified atom stereocenters. The van der Waals surface area contributed by atoms with Crippen molar-refractivity contribution in [3.05, 3.63) is 47.8 Å². The van der Waals surface area contributed by atoms with Crippen LogP contribution in [0.15, 0.2) is 41.4 Å². The first-order valence-corrected chi connectivity index (χ1v) is 8.09. The normalized spacial score (nSPS) is 17.4. The maximum atomic E-state index is 12.6. The molecule has 0 aliphatic carbocycles. The Balaban J connectivity index is 1.96. The van der Waals surface area contributed by atoms with E-state index in [0.717, 1.165) is 5.56 Å². The molecule has 0 bridgehead atoms. The molecule has 1 fully saturated rings. The first kappa shape index (κ1) is 14.2. The smallest absolute Gasteiger partial charge is 0.244 e. The third-order valence-electron chi connectivity index (χ3n) is 3.83. The van der Waals surface area contributed by atoms with E-state index in [0.29, 0.717) is 18.9 Å². The van der Waals surface area contributed by atoms with Gasteiger partial charge in [0.1, 0.15) is 10.4 Å². The lowest BCUT2D eigenvalue weighted by Crippen LogP contribution is -2.59. The monoisotopic (exact) mass is 307 g/mol. The molecule has 0 saturated carbocycles. The van der Waals surface area contributed by atoms with Gasteiger partial charge in [0.25, 0.3) is 0 Å². The average molecular weight is 307 g/mol. The van der Waals surface area contributed by atoms with Gasteiger partial charge in [-0.2, -0.15) is 9.82 Å². The highest BCUT2D eigenvalue weighted by Gasteiger charge is 2.44. The van der Waals surface area contributed by atoms with Crippen LogP contribution in [0.2, 0.25) is 0 Å². The molecule has 6 nitrogen and oxygen atoms in total. The Labute approximate surface area is 123 Å². The van der Waals surface area contributed by atoms with Crippen LogP contribution in [0, 0.1) is 6.92 Å². The molecule has 0 atom stereocenters. The van der Waals surface area contributed by atoms with E-state index in [-0.39, 0.29) is 4.90 Å². The third-order valence-corrected chi connectivity index (χ3v) is 5.47. The lowest BCUT2D eigenvalue weighted by molar-refractivity contribution is -0.0664. The largest absolute Gasteiger partial charge is 0.377 e. The molecular weight excluding hydrogens is 290 g/mol. The van der Waals surface area contributed by atoms with Crippen LogP contribution in [0.5, 0.6) is 0 Å². The summed E-state index contributed by atoms with van der Waals surface area (Å²) in [5.74, 6) is 0. The summed E-state index contributed by atoms with van der Waals surface area (Å²) in [5.41, 5.74) is 0.815. The van der Waals surface area contributed by atoms with Crippen molar-refractivity contribution in [3.63, 3.8) is 0 Å². The van der Waals surface area contributed by atoms with Crippen molar-refractivity contribution in [2.75, 3.05) is 13.2 Å². The van der Waals surface area contributed by atoms with E-state index >= 15 is 0 Å². The second kappa shape index (κ2) is 4.94. The SMILES string of the molecule is Cc1c(S(=O)(=O)NC2(c3ccccc3)COC2)cnn1C. The Kier molecular flexibility index (Phi) is 3.35. The number of hydrogen-bond donors (Lipinski definition) is 1. The Morgan fingerprint density at radius 2 is 1.95 bits per heavy atom. The van der Waals surface area contributed by atoms with Crippen LogP contribution < -0.4 is 4.72 Å². The first-order chi connectivity index (χ1) is 9.95. The van der Waals surface area contributed by atoms with Gasteiger partial charge in [0, 0.05) is 7.05 Å². The molecule has 1 aromatic carbocycles. The average Bonchev–Trinajstić information content (AvgIpc) is 2.76. The summed E-state index contributed by atoms with van der Waals surface area (Å²) >= 11 is 0. The van der Waals surface area contributed by atoms with E-state index in [9.17, 15) is 8.42 Å². The van der Waals surface area contributed by atoms with Crippen molar-refractivity contribution in [2.45, 2.75) is 17.4 Å². The predicted octanol–water partition coefficient (Wildman–Crippen LogP) is 0.933. The summed E-state index contributed by atoms with van der Waals surface area (Å²) < 4.78 is 34.8. The maximum absolute atomic E-state index is 12.6. The predicted molar refractivity (Wildman–Crippen MR) is 77.2 cm³/mol. The van der Waals surface area contributed by atoms with Crippen LogP contribution in [0.25, 0.3) is 0 Å². The fourth-order valence-electron chi connectivity index (χ4n) is 2.40. The van der Waals surface area contributed by atoms with Crippen LogP contribution in [-0.4, -0.2) is 31.4 Å². The number of nitrogens with zero attached hydrogens (tertiary/aromatic N) is 2. The summed E-state index contributed by atoms with van der Waals surface area (Å²) in [6, 6.07) is 9.48. The number of aryl methyl sites for hydroxylation is 1. The van der Waals surface area contributed by atoms with Crippen molar-refractivity contribution in [1.29, 1.82) is 0 Å². The van der Waals surface area contributed by atoms with Crippen LogP contribution in [-0.2, 0) is 27.3 Å². The summed E-state index contributed by atoms with van der Waals surface area (Å²) in [7, 11) is -1.93. The topological polar surface area (TPSA) is 73.2 Å². The lowest BCUT2D eigenvalue weighted by atomic mass is 9.89. The van der Waals surface area contributed by atoms with Gasteiger partial charge in [-0.25, -0.2) is 8.42 Å². The van der Waals surface area contributed by atoms with Gasteiger partial charge in [0.2, 0.25) is 10.0 Å². The fraction of sp³-hybridized carbons (Fsp3) is 0.357. The second-order valence-corrected chi connectivity index (χ2v) is 6.92. The fourth-order valence-corrected chi connectivity index (χ4v) is 3.97. The van der Waals surface area contributed by atoms with Crippen molar-refractivity contribution >= 4 is 10.0 Å². The summed E-state index contributed by atoms with van der Waals surface area (Å²) in [6.45, 7) is 2.39. The summed E-state index contributed by atoms with van der Waals surface area (Å²) in [5, 5.41) is 4.00. The highest BCUT2D eigenvalue weighted by atomic mass is 32.2. The number of rotatable bonds is 4. The molecule has 3 rings (SSSR count). The van der Waals surface area contributed by atoms with Crippen LogP contribution >= 0.6 is 0 Å². The first-order valence-electron chi connectivity index (χ1n) is 6.60. The molecule has 21 heavy (non-hydrogen) atoms. The standard InChI is InChI=1S/C14H17N3O3S/c1-11-13(8-15-17(11)2)21(18,19)16-14(9-20-10-14)12-6-4-3-5-7-12/h3-8,16H,9-10H2,1-2H3. The number of nitrogens with one attached hydrogen (secondary N) is 1. The summed E-state index contributed by atoms with van der Waals surface area (Å²) in [4.78, 5) is 0.201. The molecule has 0 radical (unpaired) electrons. The van der Waals surface area contributed by atoms with E-state index in [1.807, 2.05) is 30.3 Å². The molecule has 0 amide bonds. The van der Waals surface area contributed by atoms with Gasteiger partial charge < -0.3 is 4.74 Å². The van der Waals surface area contributed by atoms with Crippen LogP contribution in [0.1, 0.15) is 11.3 Å². The summed E-state index contributed by atoms with van der Waals surface area (Å²) in [6.07, 6.45) is 1.37. The van der Waals surface area contributed by atoms with Gasteiger partial charge in [-0.3, -0.25) is 4.68 Å². The molecule has 1 saturated heterocycles. The van der Waals surface area contributed by atoms with Crippen molar-refractivity contribution in [3.8, 4) is 0 Å². The van der Waals surface area contributed by atoms with Gasteiger partial charge in [-0.15, -0.1) is 0 Å². The minimum Gasteiger partial charge on any atom is -0.377 e. The molecule has 1 aliphatic rings. The van der Waals surface area contributed by atoms with Crippen molar-refractivity contribution in [2.24, 2.45) is 7.05 Å². The number of sulfonamides is 1. The van der Waals surface area contributed by atoms with Crippen LogP contribution in [0.3, 0.4) is 0 Å². The zero-order valence-corrected chi connectivity index (χ0v) is 12.7. The molecular formula is C14H17N3O3S. The Hall–Kier alpha value is -1.70. The van der Waals surface area contributed by atoms with E-state index in [4.69, 9.17) is 4.74 Å². The molecule has 112 valence electrons. The quantitative estimate of drug-likeness (QED) is 0.912. The lowest BCUT2D eigenvalue weighted by Gasteiger charge is -2.42. The molecule has 0 spiro atoms. The molecule has 2 heterocycles. The number of hydrogen-bond acceptors (Lipinski definition) is 4. The third kappa shape index (κ3) is 2.37. The van der Waals surface area contributed by atoms with E-state index in [1.54, 1.807) is 18.7 Å². The Morgan fingerprint density at radius 1 is 1.29 bits per heavy atom. The number of ether oxygens (including phenoxy) is 1. The Morgan fingerprint density at radius 3 is 2.43 bits per heavy atom. The zero-order chi connectivity index (χ0) is 15.1.